The van der Waals surface area contributed by atoms with Crippen molar-refractivity contribution in [1.29, 1.82) is 0 Å². The fraction of sp³-hybridized carbons (Fsp3) is 0.391. The second-order valence-corrected chi connectivity index (χ2v) is 9.16. The highest BCUT2D eigenvalue weighted by Gasteiger charge is 2.23. The topological polar surface area (TPSA) is 78.2 Å². The van der Waals surface area contributed by atoms with Gasteiger partial charge in [-0.1, -0.05) is 12.1 Å². The highest BCUT2D eigenvalue weighted by atomic mass is 32.1. The van der Waals surface area contributed by atoms with Gasteiger partial charge >= 0.3 is 0 Å². The number of benzene rings is 1. The first-order valence-corrected chi connectivity index (χ1v) is 11.8. The number of hydrogen-bond acceptors (Lipinski definition) is 6. The smallest absolute Gasteiger partial charge is 0.258 e. The number of hydrogen-bond donors (Lipinski definition) is 0. The van der Waals surface area contributed by atoms with Crippen molar-refractivity contribution in [3.05, 3.63) is 63.5 Å². The zero-order valence-electron chi connectivity index (χ0n) is 17.8. The van der Waals surface area contributed by atoms with Crippen LogP contribution in [0, 0.1) is 0 Å². The zero-order chi connectivity index (χ0) is 22.1. The summed E-state index contributed by atoms with van der Waals surface area (Å²) in [5, 5.41) is 1.86. The monoisotopic (exact) mass is 451 g/mol. The Morgan fingerprint density at radius 2 is 1.81 bits per heavy atom. The fourth-order valence-electron chi connectivity index (χ4n) is 4.35. The third-order valence-corrected chi connectivity index (χ3v) is 6.90. The van der Waals surface area contributed by atoms with Crippen LogP contribution in [0.1, 0.15) is 24.1 Å². The lowest BCUT2D eigenvalue weighted by Gasteiger charge is -2.34. The fourth-order valence-corrected chi connectivity index (χ4v) is 5.09. The van der Waals surface area contributed by atoms with E-state index in [1.807, 2.05) is 39.4 Å². The Balaban J connectivity index is 1.14. The number of carbonyl (C=O) groups excluding carboxylic acids is 2. The molecule has 9 heteroatoms. The molecular formula is C23H25N5O3S. The van der Waals surface area contributed by atoms with Gasteiger partial charge in [-0.15, -0.1) is 11.3 Å². The van der Waals surface area contributed by atoms with Crippen LogP contribution in [0.4, 0.5) is 5.69 Å². The summed E-state index contributed by atoms with van der Waals surface area (Å²) in [5.41, 5.74) is 2.59. The second kappa shape index (κ2) is 8.84. The van der Waals surface area contributed by atoms with E-state index in [4.69, 9.17) is 0 Å². The summed E-state index contributed by atoms with van der Waals surface area (Å²) in [5.74, 6) is 0.286. The largest absolute Gasteiger partial charge is 0.340 e. The molecule has 2 fully saturated rings. The first-order chi connectivity index (χ1) is 15.6. The molecule has 4 heterocycles. The summed E-state index contributed by atoms with van der Waals surface area (Å²) < 4.78 is 1.56. The van der Waals surface area contributed by atoms with E-state index in [9.17, 15) is 14.4 Å². The minimum atomic E-state index is -0.0554. The number of piperazine rings is 1. The van der Waals surface area contributed by atoms with Crippen molar-refractivity contribution >= 4 is 33.8 Å². The average Bonchev–Trinajstić information content (AvgIpc) is 3.44. The Kier molecular flexibility index (Phi) is 5.75. The highest BCUT2D eigenvalue weighted by molar-refractivity contribution is 7.15. The van der Waals surface area contributed by atoms with Gasteiger partial charge in [0.25, 0.3) is 5.56 Å². The maximum atomic E-state index is 12.8. The van der Waals surface area contributed by atoms with E-state index in [0.29, 0.717) is 37.4 Å². The molecule has 3 aromatic rings. The first-order valence-electron chi connectivity index (χ1n) is 10.9. The van der Waals surface area contributed by atoms with Gasteiger partial charge in [0.05, 0.1) is 12.1 Å². The van der Waals surface area contributed by atoms with Gasteiger partial charge in [0.1, 0.15) is 0 Å². The van der Waals surface area contributed by atoms with Gasteiger partial charge in [0.2, 0.25) is 11.8 Å². The molecular weight excluding hydrogens is 426 g/mol. The Bertz CT molecular complexity index is 1190. The Labute approximate surface area is 189 Å². The van der Waals surface area contributed by atoms with E-state index in [-0.39, 0.29) is 17.4 Å². The highest BCUT2D eigenvalue weighted by Crippen LogP contribution is 2.22. The van der Waals surface area contributed by atoms with Crippen molar-refractivity contribution < 1.29 is 9.59 Å². The molecule has 2 aromatic heterocycles. The number of rotatable bonds is 5. The van der Waals surface area contributed by atoms with Crippen molar-refractivity contribution in [3.63, 3.8) is 0 Å². The van der Waals surface area contributed by atoms with Gasteiger partial charge in [0, 0.05) is 69.0 Å². The van der Waals surface area contributed by atoms with Crippen LogP contribution in [0.2, 0.25) is 0 Å². The SMILES string of the molecule is O=C(Cc1ccc(N2CCCC2=O)cc1)N1CCN(Cc2cc(=O)n3ccsc3n2)CC1. The van der Waals surface area contributed by atoms with Crippen molar-refractivity contribution in [1.82, 2.24) is 19.2 Å². The predicted octanol–water partition coefficient (Wildman–Crippen LogP) is 1.77. The van der Waals surface area contributed by atoms with Crippen LogP contribution < -0.4 is 10.5 Å². The van der Waals surface area contributed by atoms with E-state index in [0.717, 1.165) is 43.0 Å². The Morgan fingerprint density at radius 1 is 1.03 bits per heavy atom. The second-order valence-electron chi connectivity index (χ2n) is 8.29. The number of thiazole rings is 1. The Morgan fingerprint density at radius 3 is 2.53 bits per heavy atom. The van der Waals surface area contributed by atoms with Gasteiger partial charge < -0.3 is 9.80 Å². The quantitative estimate of drug-likeness (QED) is 0.591. The molecule has 2 aliphatic rings. The average molecular weight is 452 g/mol. The number of anilines is 1. The summed E-state index contributed by atoms with van der Waals surface area (Å²) in [7, 11) is 0. The number of nitrogens with zero attached hydrogens (tertiary/aromatic N) is 5. The van der Waals surface area contributed by atoms with E-state index >= 15 is 0 Å². The number of fused-ring (bicyclic) bond motifs is 1. The first kappa shape index (κ1) is 20.8. The van der Waals surface area contributed by atoms with Crippen LogP contribution in [0.25, 0.3) is 4.96 Å². The minimum absolute atomic E-state index is 0.0554. The van der Waals surface area contributed by atoms with Gasteiger partial charge in [-0.05, 0) is 24.1 Å². The number of aromatic nitrogens is 2. The zero-order valence-corrected chi connectivity index (χ0v) is 18.6. The van der Waals surface area contributed by atoms with Crippen LogP contribution >= 0.6 is 11.3 Å². The predicted molar refractivity (Wildman–Crippen MR) is 123 cm³/mol. The number of carbonyl (C=O) groups is 2. The van der Waals surface area contributed by atoms with Crippen LogP contribution in [-0.4, -0.2) is 63.7 Å². The lowest BCUT2D eigenvalue weighted by Crippen LogP contribution is -2.48. The van der Waals surface area contributed by atoms with Crippen LogP contribution in [0.15, 0.2) is 46.7 Å². The minimum Gasteiger partial charge on any atom is -0.340 e. The summed E-state index contributed by atoms with van der Waals surface area (Å²) in [6.45, 7) is 4.23. The molecule has 0 radical (unpaired) electrons. The third-order valence-electron chi connectivity index (χ3n) is 6.14. The molecule has 2 saturated heterocycles. The Hall–Kier alpha value is -3.04. The molecule has 0 aliphatic carbocycles. The molecule has 1 aromatic carbocycles. The molecule has 0 spiro atoms. The molecule has 0 bridgehead atoms. The molecule has 8 nitrogen and oxygen atoms in total. The summed E-state index contributed by atoms with van der Waals surface area (Å²) in [4.78, 5) is 48.1. The summed E-state index contributed by atoms with van der Waals surface area (Å²) in [6, 6.07) is 9.35. The number of amides is 2. The molecule has 0 N–H and O–H groups in total. The molecule has 32 heavy (non-hydrogen) atoms. The van der Waals surface area contributed by atoms with Crippen molar-refractivity contribution in [3.8, 4) is 0 Å². The molecule has 2 amide bonds. The van der Waals surface area contributed by atoms with Crippen molar-refractivity contribution in [2.75, 3.05) is 37.6 Å². The molecule has 2 aliphatic heterocycles. The van der Waals surface area contributed by atoms with E-state index in [1.165, 1.54) is 11.3 Å². The summed E-state index contributed by atoms with van der Waals surface area (Å²) >= 11 is 1.45. The lowest BCUT2D eigenvalue weighted by molar-refractivity contribution is -0.132. The molecule has 0 saturated carbocycles. The van der Waals surface area contributed by atoms with E-state index in [1.54, 1.807) is 16.7 Å². The summed E-state index contributed by atoms with van der Waals surface area (Å²) in [6.07, 6.45) is 3.62. The van der Waals surface area contributed by atoms with Crippen molar-refractivity contribution in [2.45, 2.75) is 25.8 Å². The maximum absolute atomic E-state index is 12.8. The van der Waals surface area contributed by atoms with Crippen LogP contribution in [-0.2, 0) is 22.6 Å². The maximum Gasteiger partial charge on any atom is 0.258 e. The van der Waals surface area contributed by atoms with Gasteiger partial charge in [-0.2, -0.15) is 0 Å². The lowest BCUT2D eigenvalue weighted by atomic mass is 10.1. The van der Waals surface area contributed by atoms with Crippen LogP contribution in [0.5, 0.6) is 0 Å². The standard InChI is InChI=1S/C23H25N5O3S/c29-20-2-1-7-27(20)19-5-3-17(4-6-19)14-21(30)26-10-8-25(9-11-26)16-18-15-22(31)28-12-13-32-23(28)24-18/h3-6,12-13,15H,1-2,7-11,14,16H2. The normalized spacial score (nSPS) is 17.4. The molecule has 0 atom stereocenters. The van der Waals surface area contributed by atoms with Crippen LogP contribution in [0.3, 0.4) is 0 Å². The van der Waals surface area contributed by atoms with E-state index < -0.39 is 0 Å². The van der Waals surface area contributed by atoms with Gasteiger partial charge in [-0.25, -0.2) is 4.98 Å². The van der Waals surface area contributed by atoms with Crippen molar-refractivity contribution in [2.24, 2.45) is 0 Å². The van der Waals surface area contributed by atoms with E-state index in [2.05, 4.69) is 9.88 Å². The van der Waals surface area contributed by atoms with Gasteiger partial charge in [0.15, 0.2) is 4.96 Å². The third kappa shape index (κ3) is 4.31. The molecule has 0 unspecified atom stereocenters. The molecule has 5 rings (SSSR count). The molecule has 166 valence electrons. The van der Waals surface area contributed by atoms with Gasteiger partial charge in [-0.3, -0.25) is 23.7 Å².